The van der Waals surface area contributed by atoms with Crippen LogP contribution in [0.25, 0.3) is 0 Å². The zero-order chi connectivity index (χ0) is 15.9. The molecule has 2 N–H and O–H groups in total. The molecule has 4 heteroatoms. The second-order valence-electron chi connectivity index (χ2n) is 7.79. The number of carbonyl (C=O) groups excluding carboxylic acids is 2. The van der Waals surface area contributed by atoms with Crippen molar-refractivity contribution in [2.45, 2.75) is 38.5 Å². The van der Waals surface area contributed by atoms with E-state index in [0.717, 1.165) is 42.7 Å². The minimum absolute atomic E-state index is 0.0650. The molecule has 4 fully saturated rings. The van der Waals surface area contributed by atoms with Crippen molar-refractivity contribution in [3.05, 3.63) is 30.3 Å². The van der Waals surface area contributed by atoms with Crippen LogP contribution < -0.4 is 10.6 Å². The second kappa shape index (κ2) is 5.66. The molecule has 1 aromatic carbocycles. The van der Waals surface area contributed by atoms with Gasteiger partial charge in [-0.2, -0.15) is 0 Å². The first-order chi connectivity index (χ1) is 11.1. The molecule has 1 aromatic rings. The number of rotatable bonds is 4. The zero-order valence-electron chi connectivity index (χ0n) is 13.4. The van der Waals surface area contributed by atoms with Crippen LogP contribution in [0.2, 0.25) is 0 Å². The molecule has 4 aliphatic rings. The summed E-state index contributed by atoms with van der Waals surface area (Å²) in [6.07, 6.45) is 7.06. The quantitative estimate of drug-likeness (QED) is 0.898. The third-order valence-corrected chi connectivity index (χ3v) is 5.99. The molecule has 0 spiro atoms. The predicted octanol–water partition coefficient (Wildman–Crippen LogP) is 2.96. The second-order valence-corrected chi connectivity index (χ2v) is 7.79. The van der Waals surface area contributed by atoms with Crippen molar-refractivity contribution in [1.82, 2.24) is 5.32 Å². The highest BCUT2D eigenvalue weighted by atomic mass is 16.2. The summed E-state index contributed by atoms with van der Waals surface area (Å²) in [5.41, 5.74) is 0.587. The highest BCUT2D eigenvalue weighted by molar-refractivity contribution is 5.95. The van der Waals surface area contributed by atoms with Gasteiger partial charge in [-0.1, -0.05) is 18.2 Å². The molecule has 4 saturated carbocycles. The predicted molar refractivity (Wildman–Crippen MR) is 88.7 cm³/mol. The molecule has 0 heterocycles. The number of benzene rings is 1. The number of hydrogen-bond acceptors (Lipinski definition) is 2. The van der Waals surface area contributed by atoms with Crippen molar-refractivity contribution in [3.8, 4) is 0 Å². The van der Waals surface area contributed by atoms with Crippen LogP contribution in [0.15, 0.2) is 30.3 Å². The number of nitrogens with one attached hydrogen (secondary N) is 2. The lowest BCUT2D eigenvalue weighted by atomic mass is 9.49. The van der Waals surface area contributed by atoms with Gasteiger partial charge < -0.3 is 10.6 Å². The molecule has 0 radical (unpaired) electrons. The molecule has 0 atom stereocenters. The molecule has 5 rings (SSSR count). The summed E-state index contributed by atoms with van der Waals surface area (Å²) >= 11 is 0. The molecule has 2 amide bonds. The maximum absolute atomic E-state index is 12.8. The van der Waals surface area contributed by atoms with E-state index < -0.39 is 0 Å². The van der Waals surface area contributed by atoms with E-state index in [9.17, 15) is 9.59 Å². The molecule has 0 aliphatic heterocycles. The Kier molecular flexibility index (Phi) is 3.63. The normalized spacial score (nSPS) is 34.2. The fraction of sp³-hybridized carbons (Fsp3) is 0.579. The largest absolute Gasteiger partial charge is 0.347 e. The van der Waals surface area contributed by atoms with Crippen molar-refractivity contribution in [2.24, 2.45) is 23.2 Å². The topological polar surface area (TPSA) is 58.2 Å². The van der Waals surface area contributed by atoms with Crippen LogP contribution in [0.4, 0.5) is 5.69 Å². The van der Waals surface area contributed by atoms with Crippen LogP contribution in [0.3, 0.4) is 0 Å². The van der Waals surface area contributed by atoms with E-state index in [0.29, 0.717) is 0 Å². The maximum atomic E-state index is 12.8. The van der Waals surface area contributed by atoms with Gasteiger partial charge in [-0.05, 0) is 68.4 Å². The highest BCUT2D eigenvalue weighted by Gasteiger charge is 2.54. The lowest BCUT2D eigenvalue weighted by Crippen LogP contribution is -2.54. The Morgan fingerprint density at radius 3 is 2.09 bits per heavy atom. The lowest BCUT2D eigenvalue weighted by molar-refractivity contribution is -0.146. The fourth-order valence-electron chi connectivity index (χ4n) is 5.46. The van der Waals surface area contributed by atoms with Gasteiger partial charge in [0.05, 0.1) is 6.54 Å². The van der Waals surface area contributed by atoms with Gasteiger partial charge in [0.2, 0.25) is 11.8 Å². The molecular formula is C19H24N2O2. The highest BCUT2D eigenvalue weighted by Crippen LogP contribution is 2.60. The summed E-state index contributed by atoms with van der Waals surface area (Å²) in [7, 11) is 0. The Balaban J connectivity index is 1.34. The van der Waals surface area contributed by atoms with Crippen molar-refractivity contribution < 1.29 is 9.59 Å². The van der Waals surface area contributed by atoms with Crippen molar-refractivity contribution in [1.29, 1.82) is 0 Å². The monoisotopic (exact) mass is 312 g/mol. The third-order valence-electron chi connectivity index (χ3n) is 5.99. The molecule has 0 saturated heterocycles. The average Bonchev–Trinajstić information content (AvgIpc) is 2.52. The van der Waals surface area contributed by atoms with Crippen LogP contribution in [-0.4, -0.2) is 18.4 Å². The van der Waals surface area contributed by atoms with Gasteiger partial charge in [0.25, 0.3) is 0 Å². The molecular weight excluding hydrogens is 288 g/mol. The van der Waals surface area contributed by atoms with Gasteiger partial charge in [-0.15, -0.1) is 0 Å². The zero-order valence-corrected chi connectivity index (χ0v) is 13.4. The first-order valence-electron chi connectivity index (χ1n) is 8.76. The number of carbonyl (C=O) groups is 2. The van der Waals surface area contributed by atoms with Crippen LogP contribution in [0.1, 0.15) is 38.5 Å². The SMILES string of the molecule is O=C(CNC(=O)C12CC3CC(CC(C3)C1)C2)Nc1ccccc1. The minimum atomic E-state index is -0.179. The Morgan fingerprint density at radius 2 is 1.52 bits per heavy atom. The number of amides is 2. The van der Waals surface area contributed by atoms with Crippen molar-refractivity contribution >= 4 is 17.5 Å². The Morgan fingerprint density at radius 1 is 0.957 bits per heavy atom. The average molecular weight is 312 g/mol. The van der Waals surface area contributed by atoms with Gasteiger partial charge in [0.1, 0.15) is 0 Å². The van der Waals surface area contributed by atoms with Gasteiger partial charge in [0.15, 0.2) is 0 Å². The maximum Gasteiger partial charge on any atom is 0.243 e. The Labute approximate surface area is 137 Å². The summed E-state index contributed by atoms with van der Waals surface area (Å²) in [6, 6.07) is 9.36. The van der Waals surface area contributed by atoms with Crippen LogP contribution in [-0.2, 0) is 9.59 Å². The molecule has 0 aromatic heterocycles. The number of hydrogen-bond donors (Lipinski definition) is 2. The summed E-state index contributed by atoms with van der Waals surface area (Å²) in [5.74, 6) is 2.18. The van der Waals surface area contributed by atoms with E-state index in [4.69, 9.17) is 0 Å². The van der Waals surface area contributed by atoms with E-state index in [1.807, 2.05) is 30.3 Å². The minimum Gasteiger partial charge on any atom is -0.347 e. The summed E-state index contributed by atoms with van der Waals surface area (Å²) in [5, 5.41) is 5.73. The molecule has 122 valence electrons. The van der Waals surface area contributed by atoms with Crippen LogP contribution in [0.5, 0.6) is 0 Å². The molecule has 23 heavy (non-hydrogen) atoms. The van der Waals surface area contributed by atoms with E-state index >= 15 is 0 Å². The van der Waals surface area contributed by atoms with Gasteiger partial charge in [-0.25, -0.2) is 0 Å². The molecule has 4 bridgehead atoms. The van der Waals surface area contributed by atoms with Crippen molar-refractivity contribution in [3.63, 3.8) is 0 Å². The van der Waals surface area contributed by atoms with Gasteiger partial charge in [-0.3, -0.25) is 9.59 Å². The van der Waals surface area contributed by atoms with Crippen LogP contribution >= 0.6 is 0 Å². The number of anilines is 1. The Bertz CT molecular complexity index is 576. The third kappa shape index (κ3) is 2.87. The lowest BCUT2D eigenvalue weighted by Gasteiger charge is -2.55. The van der Waals surface area contributed by atoms with Gasteiger partial charge >= 0.3 is 0 Å². The molecule has 0 unspecified atom stereocenters. The smallest absolute Gasteiger partial charge is 0.243 e. The summed E-state index contributed by atoms with van der Waals surface area (Å²) in [6.45, 7) is 0.0650. The molecule has 4 aliphatic carbocycles. The molecule has 4 nitrogen and oxygen atoms in total. The van der Waals surface area contributed by atoms with E-state index in [2.05, 4.69) is 10.6 Å². The van der Waals surface area contributed by atoms with E-state index in [1.54, 1.807) is 0 Å². The summed E-state index contributed by atoms with van der Waals surface area (Å²) < 4.78 is 0. The van der Waals surface area contributed by atoms with Crippen LogP contribution in [0, 0.1) is 23.2 Å². The summed E-state index contributed by atoms with van der Waals surface area (Å²) in [4.78, 5) is 24.8. The first-order valence-corrected chi connectivity index (χ1v) is 8.76. The first kappa shape index (κ1) is 14.7. The fourth-order valence-corrected chi connectivity index (χ4v) is 5.46. The van der Waals surface area contributed by atoms with E-state index in [-0.39, 0.29) is 23.8 Å². The van der Waals surface area contributed by atoms with E-state index in [1.165, 1.54) is 19.3 Å². The standard InChI is InChI=1S/C19H24N2O2/c22-17(21-16-4-2-1-3-5-16)12-20-18(23)19-9-13-6-14(10-19)8-15(7-13)11-19/h1-5,13-15H,6-12H2,(H,20,23)(H,21,22). The van der Waals surface area contributed by atoms with Crippen molar-refractivity contribution in [2.75, 3.05) is 11.9 Å². The Hall–Kier alpha value is -1.84. The van der Waals surface area contributed by atoms with Gasteiger partial charge in [0, 0.05) is 11.1 Å². The number of para-hydroxylation sites is 1.